The molecule has 0 aliphatic heterocycles. The van der Waals surface area contributed by atoms with Crippen LogP contribution < -0.4 is 5.32 Å². The first-order valence-electron chi connectivity index (χ1n) is 9.05. The molecule has 4 nitrogen and oxygen atoms in total. The second-order valence-electron chi connectivity index (χ2n) is 6.63. The van der Waals surface area contributed by atoms with Crippen molar-refractivity contribution in [1.29, 1.82) is 0 Å². The zero-order valence-corrected chi connectivity index (χ0v) is 16.2. The van der Waals surface area contributed by atoms with Gasteiger partial charge >= 0.3 is 0 Å². The highest BCUT2D eigenvalue weighted by Crippen LogP contribution is 2.37. The van der Waals surface area contributed by atoms with Crippen molar-refractivity contribution in [1.82, 2.24) is 10.2 Å². The van der Waals surface area contributed by atoms with Gasteiger partial charge in [0.2, 0.25) is 11.0 Å². The number of aromatic nitrogens is 2. The number of carbonyl (C=O) groups is 1. The number of carbonyl (C=O) groups excluding carboxylic acids is 1. The Morgan fingerprint density at radius 1 is 1.24 bits per heavy atom. The fourth-order valence-corrected chi connectivity index (χ4v) is 5.28. The van der Waals surface area contributed by atoms with Gasteiger partial charge in [0.05, 0.1) is 0 Å². The van der Waals surface area contributed by atoms with Crippen LogP contribution in [0.3, 0.4) is 0 Å². The third kappa shape index (κ3) is 5.82. The lowest BCUT2D eigenvalue weighted by Crippen LogP contribution is -2.14. The van der Waals surface area contributed by atoms with E-state index in [0.717, 1.165) is 16.7 Å². The molecule has 1 amide bonds. The lowest BCUT2D eigenvalue weighted by molar-refractivity contribution is -0.116. The molecular weight excluding hydrogens is 350 g/mol. The summed E-state index contributed by atoms with van der Waals surface area (Å²) >= 11 is 3.13. The van der Waals surface area contributed by atoms with Crippen molar-refractivity contribution < 1.29 is 4.79 Å². The van der Waals surface area contributed by atoms with E-state index >= 15 is 0 Å². The van der Waals surface area contributed by atoms with E-state index in [-0.39, 0.29) is 5.91 Å². The zero-order chi connectivity index (χ0) is 17.5. The van der Waals surface area contributed by atoms with Crippen LogP contribution in [0.1, 0.15) is 62.7 Å². The first-order chi connectivity index (χ1) is 12.2. The molecule has 6 heteroatoms. The molecule has 1 heterocycles. The zero-order valence-electron chi connectivity index (χ0n) is 14.6. The Morgan fingerprint density at radius 2 is 2.00 bits per heavy atom. The second-order valence-corrected chi connectivity index (χ2v) is 9.20. The van der Waals surface area contributed by atoms with Crippen molar-refractivity contribution in [2.45, 2.75) is 61.5 Å². The number of anilines is 1. The number of benzene rings is 1. The van der Waals surface area contributed by atoms with Gasteiger partial charge in [-0.3, -0.25) is 4.79 Å². The number of hydrogen-bond donors (Lipinski definition) is 1. The first kappa shape index (κ1) is 18.4. The summed E-state index contributed by atoms with van der Waals surface area (Å²) in [6.45, 7) is 2.16. The average Bonchev–Trinajstić information content (AvgIpc) is 3.08. The molecule has 1 aromatic heterocycles. The van der Waals surface area contributed by atoms with Gasteiger partial charge in [-0.05, 0) is 24.8 Å². The van der Waals surface area contributed by atoms with E-state index in [1.807, 2.05) is 18.2 Å². The molecule has 1 N–H and O–H groups in total. The van der Waals surface area contributed by atoms with Crippen LogP contribution in [-0.2, 0) is 4.79 Å². The summed E-state index contributed by atoms with van der Waals surface area (Å²) in [5.41, 5.74) is 1.26. The van der Waals surface area contributed by atoms with Gasteiger partial charge in [0.1, 0.15) is 0 Å². The van der Waals surface area contributed by atoms with Crippen LogP contribution in [0, 0.1) is 5.92 Å². The van der Waals surface area contributed by atoms with Crippen LogP contribution in [-0.4, -0.2) is 16.1 Å². The maximum Gasteiger partial charge on any atom is 0.226 e. The van der Waals surface area contributed by atoms with E-state index in [4.69, 9.17) is 0 Å². The Labute approximate surface area is 157 Å². The first-order valence-corrected chi connectivity index (χ1v) is 10.8. The number of rotatable bonds is 7. The van der Waals surface area contributed by atoms with Gasteiger partial charge in [-0.15, -0.1) is 10.2 Å². The summed E-state index contributed by atoms with van der Waals surface area (Å²) in [6.07, 6.45) is 8.15. The highest BCUT2D eigenvalue weighted by Gasteiger charge is 2.16. The van der Waals surface area contributed by atoms with Gasteiger partial charge < -0.3 is 5.32 Å². The van der Waals surface area contributed by atoms with Crippen molar-refractivity contribution in [2.75, 3.05) is 5.32 Å². The van der Waals surface area contributed by atoms with Gasteiger partial charge in [0.25, 0.3) is 0 Å². The molecule has 1 fully saturated rings. The van der Waals surface area contributed by atoms with Gasteiger partial charge in [-0.25, -0.2) is 0 Å². The smallest absolute Gasteiger partial charge is 0.226 e. The van der Waals surface area contributed by atoms with Crippen LogP contribution in [0.5, 0.6) is 0 Å². The largest absolute Gasteiger partial charge is 0.301 e. The van der Waals surface area contributed by atoms with Crippen molar-refractivity contribution in [2.24, 2.45) is 5.92 Å². The third-order valence-corrected chi connectivity index (χ3v) is 6.78. The maximum atomic E-state index is 12.1. The highest BCUT2D eigenvalue weighted by atomic mass is 32.2. The fourth-order valence-electron chi connectivity index (χ4n) is 3.24. The second kappa shape index (κ2) is 9.34. The highest BCUT2D eigenvalue weighted by molar-refractivity contribution is 8.01. The molecule has 1 aliphatic carbocycles. The Kier molecular flexibility index (Phi) is 6.87. The predicted octanol–water partition coefficient (Wildman–Crippen LogP) is 5.69. The summed E-state index contributed by atoms with van der Waals surface area (Å²) in [4.78, 5) is 12.1. The lowest BCUT2D eigenvalue weighted by atomic mass is 9.86. The predicted molar refractivity (Wildman–Crippen MR) is 105 cm³/mol. The average molecular weight is 376 g/mol. The Balaban J connectivity index is 1.45. The maximum absolute atomic E-state index is 12.1. The summed E-state index contributed by atoms with van der Waals surface area (Å²) in [7, 11) is 0. The number of amides is 1. The monoisotopic (exact) mass is 375 g/mol. The molecule has 2 aromatic rings. The van der Waals surface area contributed by atoms with E-state index in [1.54, 1.807) is 11.8 Å². The summed E-state index contributed by atoms with van der Waals surface area (Å²) in [5.74, 6) is 0.793. The van der Waals surface area contributed by atoms with E-state index in [0.29, 0.717) is 16.8 Å². The van der Waals surface area contributed by atoms with E-state index in [9.17, 15) is 4.79 Å². The molecule has 3 rings (SSSR count). The molecule has 0 radical (unpaired) electrons. The molecule has 1 atom stereocenters. The molecule has 1 aliphatic rings. The standard InChI is InChI=1S/C19H25N3OS2/c1-14(16-10-6-3-7-11-16)24-19-22-21-18(25-19)20-17(23)13-12-15-8-4-2-5-9-15/h3,6-7,10-11,14-15H,2,4-5,8-9,12-13H2,1H3,(H,20,21,23). The molecule has 1 unspecified atom stereocenters. The fraction of sp³-hybridized carbons (Fsp3) is 0.526. The van der Waals surface area contributed by atoms with Crippen LogP contribution >= 0.6 is 23.1 Å². The lowest BCUT2D eigenvalue weighted by Gasteiger charge is -2.20. The number of hydrogen-bond acceptors (Lipinski definition) is 5. The number of thioether (sulfide) groups is 1. The van der Waals surface area contributed by atoms with Crippen molar-refractivity contribution in [3.8, 4) is 0 Å². The molecule has 1 saturated carbocycles. The minimum absolute atomic E-state index is 0.0642. The van der Waals surface area contributed by atoms with Gasteiger partial charge in [-0.1, -0.05) is 85.5 Å². The molecular formula is C19H25N3OS2. The van der Waals surface area contributed by atoms with Crippen LogP contribution in [0.2, 0.25) is 0 Å². The number of nitrogens with one attached hydrogen (secondary N) is 1. The van der Waals surface area contributed by atoms with E-state index in [2.05, 4.69) is 34.6 Å². The van der Waals surface area contributed by atoms with Crippen LogP contribution in [0.15, 0.2) is 34.7 Å². The molecule has 0 saturated heterocycles. The van der Waals surface area contributed by atoms with Gasteiger partial charge in [0.15, 0.2) is 4.34 Å². The minimum Gasteiger partial charge on any atom is -0.301 e. The SMILES string of the molecule is CC(Sc1nnc(NC(=O)CCC2CCCCC2)s1)c1ccccc1. The summed E-state index contributed by atoms with van der Waals surface area (Å²) < 4.78 is 0.888. The normalized spacial score (nSPS) is 16.5. The van der Waals surface area contributed by atoms with Crippen molar-refractivity contribution in [3.05, 3.63) is 35.9 Å². The minimum atomic E-state index is 0.0642. The van der Waals surface area contributed by atoms with Crippen LogP contribution in [0.25, 0.3) is 0 Å². The quantitative estimate of drug-likeness (QED) is 0.499. The molecule has 0 spiro atoms. The summed E-state index contributed by atoms with van der Waals surface area (Å²) in [6, 6.07) is 10.3. The van der Waals surface area contributed by atoms with Crippen molar-refractivity contribution >= 4 is 34.1 Å². The topological polar surface area (TPSA) is 54.9 Å². The Bertz CT molecular complexity index is 668. The van der Waals surface area contributed by atoms with E-state index < -0.39 is 0 Å². The molecule has 134 valence electrons. The summed E-state index contributed by atoms with van der Waals surface area (Å²) in [5, 5.41) is 12.1. The molecule has 0 bridgehead atoms. The number of nitrogens with zero attached hydrogens (tertiary/aromatic N) is 2. The van der Waals surface area contributed by atoms with Gasteiger partial charge in [-0.2, -0.15) is 0 Å². The molecule has 25 heavy (non-hydrogen) atoms. The Morgan fingerprint density at radius 3 is 2.76 bits per heavy atom. The molecule has 1 aromatic carbocycles. The van der Waals surface area contributed by atoms with Crippen LogP contribution in [0.4, 0.5) is 5.13 Å². The van der Waals surface area contributed by atoms with E-state index in [1.165, 1.54) is 49.0 Å². The van der Waals surface area contributed by atoms with Crippen molar-refractivity contribution in [3.63, 3.8) is 0 Å². The van der Waals surface area contributed by atoms with Gasteiger partial charge in [0, 0.05) is 11.7 Å². The Hall–Kier alpha value is -1.40. The third-order valence-electron chi connectivity index (χ3n) is 4.70.